The second-order valence-electron chi connectivity index (χ2n) is 4.48. The van der Waals surface area contributed by atoms with Crippen molar-refractivity contribution in [2.75, 3.05) is 4.90 Å². The first kappa shape index (κ1) is 12.5. The molecule has 2 N–H and O–H groups in total. The molecular weight excluding hydrogens is 259 g/mol. The Labute approximate surface area is 114 Å². The highest BCUT2D eigenvalue weighted by atomic mass is 19.1. The molecule has 0 aliphatic carbocycles. The van der Waals surface area contributed by atoms with E-state index in [2.05, 4.69) is 0 Å². The van der Waals surface area contributed by atoms with Crippen LogP contribution >= 0.6 is 0 Å². The van der Waals surface area contributed by atoms with Gasteiger partial charge in [0.2, 0.25) is 0 Å². The summed E-state index contributed by atoms with van der Waals surface area (Å²) in [6.07, 6.45) is 0. The van der Waals surface area contributed by atoms with Crippen LogP contribution in [0.15, 0.2) is 42.5 Å². The molecule has 0 bridgehead atoms. The molecule has 2 aromatic carbocycles. The predicted octanol–water partition coefficient (Wildman–Crippen LogP) is 2.08. The van der Waals surface area contributed by atoms with Gasteiger partial charge in [-0.3, -0.25) is 9.59 Å². The van der Waals surface area contributed by atoms with Crippen molar-refractivity contribution in [1.82, 2.24) is 0 Å². The Kier molecular flexibility index (Phi) is 2.84. The summed E-state index contributed by atoms with van der Waals surface area (Å²) in [7, 11) is 0. The Morgan fingerprint density at radius 3 is 2.10 bits per heavy atom. The molecule has 0 fully saturated rings. The van der Waals surface area contributed by atoms with Gasteiger partial charge in [0.1, 0.15) is 5.82 Å². The number of anilines is 1. The lowest BCUT2D eigenvalue weighted by molar-refractivity contribution is 0.0925. The summed E-state index contributed by atoms with van der Waals surface area (Å²) in [5.41, 5.74) is 6.57. The average Bonchev–Trinajstić information content (AvgIpc) is 2.72. The number of carbonyl (C=O) groups is 2. The lowest BCUT2D eigenvalue weighted by Crippen LogP contribution is -2.30. The van der Waals surface area contributed by atoms with E-state index in [4.69, 9.17) is 5.73 Å². The van der Waals surface area contributed by atoms with Gasteiger partial charge in [0, 0.05) is 6.54 Å². The van der Waals surface area contributed by atoms with E-state index in [0.717, 1.165) is 4.90 Å². The standard InChI is InChI=1S/C15H11FN2O2/c16-12-7-9(8-17)5-6-13(12)18-14(19)10-3-1-2-4-11(10)15(18)20/h1-7H,8,17H2. The Bertz CT molecular complexity index is 693. The van der Waals surface area contributed by atoms with E-state index in [0.29, 0.717) is 16.7 Å². The normalized spacial score (nSPS) is 13.8. The van der Waals surface area contributed by atoms with Gasteiger partial charge in [-0.05, 0) is 29.8 Å². The third-order valence-electron chi connectivity index (χ3n) is 3.28. The number of benzene rings is 2. The maximum atomic E-state index is 14.1. The monoisotopic (exact) mass is 270 g/mol. The maximum Gasteiger partial charge on any atom is 0.266 e. The highest BCUT2D eigenvalue weighted by Crippen LogP contribution is 2.30. The molecule has 100 valence electrons. The molecule has 2 aromatic rings. The lowest BCUT2D eigenvalue weighted by atomic mass is 10.1. The van der Waals surface area contributed by atoms with Gasteiger partial charge in [-0.15, -0.1) is 0 Å². The van der Waals surface area contributed by atoms with Crippen LogP contribution in [0.4, 0.5) is 10.1 Å². The molecular formula is C15H11FN2O2. The Hall–Kier alpha value is -2.53. The second-order valence-corrected chi connectivity index (χ2v) is 4.48. The predicted molar refractivity (Wildman–Crippen MR) is 71.9 cm³/mol. The van der Waals surface area contributed by atoms with Crippen LogP contribution in [0.1, 0.15) is 26.3 Å². The molecule has 1 aliphatic rings. The highest BCUT2D eigenvalue weighted by Gasteiger charge is 2.37. The highest BCUT2D eigenvalue weighted by molar-refractivity contribution is 6.34. The summed E-state index contributed by atoms with van der Waals surface area (Å²) >= 11 is 0. The maximum absolute atomic E-state index is 14.1. The number of halogens is 1. The van der Waals surface area contributed by atoms with Crippen molar-refractivity contribution in [1.29, 1.82) is 0 Å². The van der Waals surface area contributed by atoms with Crippen LogP contribution in [-0.4, -0.2) is 11.8 Å². The molecule has 0 saturated carbocycles. The van der Waals surface area contributed by atoms with E-state index < -0.39 is 17.6 Å². The number of hydrogen-bond donors (Lipinski definition) is 1. The lowest BCUT2D eigenvalue weighted by Gasteiger charge is -2.15. The minimum absolute atomic E-state index is 0.0478. The number of carbonyl (C=O) groups excluding carboxylic acids is 2. The van der Waals surface area contributed by atoms with Crippen LogP contribution in [0.25, 0.3) is 0 Å². The van der Waals surface area contributed by atoms with Crippen LogP contribution < -0.4 is 10.6 Å². The number of imide groups is 1. The largest absolute Gasteiger partial charge is 0.326 e. The van der Waals surface area contributed by atoms with E-state index in [1.165, 1.54) is 12.1 Å². The number of fused-ring (bicyclic) bond motifs is 1. The number of hydrogen-bond acceptors (Lipinski definition) is 3. The van der Waals surface area contributed by atoms with E-state index in [9.17, 15) is 14.0 Å². The number of nitrogens with two attached hydrogens (primary N) is 1. The fraction of sp³-hybridized carbons (Fsp3) is 0.0667. The molecule has 4 nitrogen and oxygen atoms in total. The Morgan fingerprint density at radius 2 is 1.60 bits per heavy atom. The third kappa shape index (κ3) is 1.71. The van der Waals surface area contributed by atoms with Crippen molar-refractivity contribution in [3.63, 3.8) is 0 Å². The molecule has 5 heteroatoms. The zero-order valence-corrected chi connectivity index (χ0v) is 10.5. The van der Waals surface area contributed by atoms with Gasteiger partial charge in [-0.25, -0.2) is 9.29 Å². The molecule has 0 spiro atoms. The van der Waals surface area contributed by atoms with Gasteiger partial charge in [0.15, 0.2) is 0 Å². The quantitative estimate of drug-likeness (QED) is 0.850. The molecule has 1 aliphatic heterocycles. The van der Waals surface area contributed by atoms with E-state index in [1.807, 2.05) is 0 Å². The van der Waals surface area contributed by atoms with Gasteiger partial charge in [-0.2, -0.15) is 0 Å². The third-order valence-corrected chi connectivity index (χ3v) is 3.28. The Balaban J connectivity index is 2.09. The van der Waals surface area contributed by atoms with Crippen molar-refractivity contribution in [2.45, 2.75) is 6.54 Å². The van der Waals surface area contributed by atoms with Gasteiger partial charge in [0.05, 0.1) is 16.8 Å². The van der Waals surface area contributed by atoms with Crippen LogP contribution in [0.2, 0.25) is 0 Å². The molecule has 0 aromatic heterocycles. The van der Waals surface area contributed by atoms with E-state index in [1.54, 1.807) is 30.3 Å². The summed E-state index contributed by atoms with van der Waals surface area (Å²) < 4.78 is 14.1. The summed E-state index contributed by atoms with van der Waals surface area (Å²) in [6, 6.07) is 10.7. The van der Waals surface area contributed by atoms with Crippen molar-refractivity contribution in [2.24, 2.45) is 5.73 Å². The number of nitrogens with zero attached hydrogens (tertiary/aromatic N) is 1. The van der Waals surface area contributed by atoms with Crippen molar-refractivity contribution in [3.8, 4) is 0 Å². The number of amides is 2. The van der Waals surface area contributed by atoms with Gasteiger partial charge >= 0.3 is 0 Å². The molecule has 0 atom stereocenters. The SMILES string of the molecule is NCc1ccc(N2C(=O)c3ccccc3C2=O)c(F)c1. The molecule has 20 heavy (non-hydrogen) atoms. The van der Waals surface area contributed by atoms with Crippen LogP contribution in [0.5, 0.6) is 0 Å². The fourth-order valence-corrected chi connectivity index (χ4v) is 2.27. The van der Waals surface area contributed by atoms with E-state index in [-0.39, 0.29) is 12.2 Å². The zero-order chi connectivity index (χ0) is 14.3. The van der Waals surface area contributed by atoms with Crippen LogP contribution in [0, 0.1) is 5.82 Å². The summed E-state index contributed by atoms with van der Waals surface area (Å²) in [5.74, 6) is -1.66. The van der Waals surface area contributed by atoms with Crippen LogP contribution in [0.3, 0.4) is 0 Å². The van der Waals surface area contributed by atoms with Crippen molar-refractivity contribution < 1.29 is 14.0 Å². The zero-order valence-electron chi connectivity index (χ0n) is 10.5. The summed E-state index contributed by atoms with van der Waals surface area (Å²) in [6.45, 7) is 0.194. The summed E-state index contributed by atoms with van der Waals surface area (Å²) in [4.78, 5) is 25.3. The molecule has 0 radical (unpaired) electrons. The first-order valence-electron chi connectivity index (χ1n) is 6.10. The Morgan fingerprint density at radius 1 is 1.00 bits per heavy atom. The van der Waals surface area contributed by atoms with Crippen molar-refractivity contribution in [3.05, 3.63) is 65.0 Å². The van der Waals surface area contributed by atoms with Crippen molar-refractivity contribution >= 4 is 17.5 Å². The number of rotatable bonds is 2. The molecule has 1 heterocycles. The topological polar surface area (TPSA) is 63.4 Å². The van der Waals surface area contributed by atoms with Crippen LogP contribution in [-0.2, 0) is 6.54 Å². The van der Waals surface area contributed by atoms with Gasteiger partial charge in [0.25, 0.3) is 11.8 Å². The molecule has 3 rings (SSSR count). The first-order valence-corrected chi connectivity index (χ1v) is 6.10. The van der Waals surface area contributed by atoms with E-state index >= 15 is 0 Å². The van der Waals surface area contributed by atoms with Gasteiger partial charge in [-0.1, -0.05) is 18.2 Å². The second kappa shape index (κ2) is 4.54. The minimum atomic E-state index is -0.637. The smallest absolute Gasteiger partial charge is 0.266 e. The minimum Gasteiger partial charge on any atom is -0.326 e. The average molecular weight is 270 g/mol. The molecule has 0 unspecified atom stereocenters. The first-order chi connectivity index (χ1) is 9.63. The fourth-order valence-electron chi connectivity index (χ4n) is 2.27. The molecule has 0 saturated heterocycles. The van der Waals surface area contributed by atoms with Gasteiger partial charge < -0.3 is 5.73 Å². The summed E-state index contributed by atoms with van der Waals surface area (Å²) in [5, 5.41) is 0. The molecule has 2 amide bonds.